The first-order valence-electron chi connectivity index (χ1n) is 3.25. The Balaban J connectivity index is 0.00000121. The van der Waals surface area contributed by atoms with Crippen LogP contribution in [0.15, 0.2) is 30.3 Å². The van der Waals surface area contributed by atoms with Gasteiger partial charge in [-0.2, -0.15) is 0 Å². The van der Waals surface area contributed by atoms with Crippen LogP contribution in [0.5, 0.6) is 5.75 Å². The summed E-state index contributed by atoms with van der Waals surface area (Å²) in [6.45, 7) is -0.0655. The Morgan fingerprint density at radius 1 is 1.33 bits per heavy atom. The van der Waals surface area contributed by atoms with Crippen LogP contribution in [0.25, 0.3) is 0 Å². The molecule has 60 valence electrons. The van der Waals surface area contributed by atoms with E-state index in [1.807, 2.05) is 18.2 Å². The number of nitrogens with two attached hydrogens (primary N) is 1. The molecule has 0 saturated heterocycles. The summed E-state index contributed by atoms with van der Waals surface area (Å²) in [6.07, 6.45) is 0. The molecule has 0 aliphatic rings. The second-order valence-electron chi connectivity index (χ2n) is 2.07. The van der Waals surface area contributed by atoms with Crippen LogP contribution in [0, 0.1) is 0 Å². The molecular formula is C8H10KNO2. The average molecular weight is 191 g/mol. The summed E-state index contributed by atoms with van der Waals surface area (Å²) in [6, 6.07) is 9.07. The van der Waals surface area contributed by atoms with Gasteiger partial charge in [0, 0.05) is 0 Å². The molecule has 0 saturated carbocycles. The first kappa shape index (κ1) is 12.1. The van der Waals surface area contributed by atoms with Crippen LogP contribution >= 0.6 is 0 Å². The number of rotatable bonds is 3. The molecule has 0 heterocycles. The van der Waals surface area contributed by atoms with E-state index < -0.39 is 5.91 Å². The number of carbonyl (C=O) groups excluding carboxylic acids is 1. The summed E-state index contributed by atoms with van der Waals surface area (Å²) in [5, 5.41) is 0. The zero-order chi connectivity index (χ0) is 8.10. The Morgan fingerprint density at radius 2 is 1.92 bits per heavy atom. The fourth-order valence-corrected chi connectivity index (χ4v) is 0.671. The molecule has 0 radical (unpaired) electrons. The molecule has 1 amide bonds. The number of carbonyl (C=O) groups is 1. The van der Waals surface area contributed by atoms with Crippen LogP contribution in [0.3, 0.4) is 0 Å². The molecule has 12 heavy (non-hydrogen) atoms. The molecule has 0 aliphatic carbocycles. The summed E-state index contributed by atoms with van der Waals surface area (Å²) < 4.78 is 4.99. The van der Waals surface area contributed by atoms with E-state index in [-0.39, 0.29) is 58.0 Å². The Labute approximate surface area is 114 Å². The van der Waals surface area contributed by atoms with Crippen molar-refractivity contribution < 1.29 is 9.53 Å². The SMILES string of the molecule is NC(=O)COc1ccccc1.[KH]. The van der Waals surface area contributed by atoms with E-state index >= 15 is 0 Å². The van der Waals surface area contributed by atoms with Crippen LogP contribution in [0.1, 0.15) is 0 Å². The topological polar surface area (TPSA) is 52.3 Å². The molecule has 4 heteroatoms. The van der Waals surface area contributed by atoms with Crippen molar-refractivity contribution >= 4 is 57.3 Å². The Hall–Kier alpha value is 0.126. The van der Waals surface area contributed by atoms with Gasteiger partial charge in [-0.25, -0.2) is 0 Å². The molecule has 1 aromatic rings. The maximum atomic E-state index is 10.3. The maximum absolute atomic E-state index is 10.3. The van der Waals surface area contributed by atoms with Crippen LogP contribution in [-0.2, 0) is 4.79 Å². The third kappa shape index (κ3) is 4.90. The van der Waals surface area contributed by atoms with Crippen molar-refractivity contribution in [1.82, 2.24) is 0 Å². The molecule has 1 rings (SSSR count). The van der Waals surface area contributed by atoms with Crippen LogP contribution in [0.4, 0.5) is 0 Å². The minimum atomic E-state index is -0.464. The Morgan fingerprint density at radius 3 is 2.42 bits per heavy atom. The number of primary amides is 1. The zero-order valence-corrected chi connectivity index (χ0v) is 5.99. The van der Waals surface area contributed by atoms with Gasteiger partial charge in [0.2, 0.25) is 0 Å². The van der Waals surface area contributed by atoms with Gasteiger partial charge in [0.05, 0.1) is 0 Å². The molecule has 0 atom stereocenters. The molecule has 0 bridgehead atoms. The monoisotopic (exact) mass is 191 g/mol. The van der Waals surface area contributed by atoms with Gasteiger partial charge in [0.25, 0.3) is 5.91 Å². The van der Waals surface area contributed by atoms with Crippen molar-refractivity contribution in [3.05, 3.63) is 30.3 Å². The van der Waals surface area contributed by atoms with Crippen molar-refractivity contribution in [2.45, 2.75) is 0 Å². The van der Waals surface area contributed by atoms with Crippen molar-refractivity contribution in [2.24, 2.45) is 5.73 Å². The van der Waals surface area contributed by atoms with Gasteiger partial charge in [0.15, 0.2) is 6.61 Å². The first-order chi connectivity index (χ1) is 5.29. The normalized spacial score (nSPS) is 8.33. The summed E-state index contributed by atoms with van der Waals surface area (Å²) in [5.74, 6) is 0.195. The second kappa shape index (κ2) is 6.62. The molecule has 0 unspecified atom stereocenters. The van der Waals surface area contributed by atoms with Crippen molar-refractivity contribution in [1.29, 1.82) is 0 Å². The van der Waals surface area contributed by atoms with Gasteiger partial charge in [-0.05, 0) is 12.1 Å². The van der Waals surface area contributed by atoms with Gasteiger partial charge < -0.3 is 10.5 Å². The van der Waals surface area contributed by atoms with E-state index in [9.17, 15) is 4.79 Å². The fourth-order valence-electron chi connectivity index (χ4n) is 0.671. The summed E-state index contributed by atoms with van der Waals surface area (Å²) in [4.78, 5) is 10.3. The number of ether oxygens (including phenoxy) is 1. The Bertz CT molecular complexity index is 238. The van der Waals surface area contributed by atoms with E-state index in [0.29, 0.717) is 5.75 Å². The Kier molecular flexibility index (Phi) is 6.69. The minimum absolute atomic E-state index is 0. The third-order valence-corrected chi connectivity index (χ3v) is 1.12. The summed E-state index contributed by atoms with van der Waals surface area (Å²) in [5.41, 5.74) is 4.88. The van der Waals surface area contributed by atoms with Gasteiger partial charge in [0.1, 0.15) is 5.75 Å². The van der Waals surface area contributed by atoms with Gasteiger partial charge in [-0.3, -0.25) is 4.79 Å². The number of hydrogen-bond donors (Lipinski definition) is 1. The van der Waals surface area contributed by atoms with Crippen LogP contribution in [-0.4, -0.2) is 63.9 Å². The molecule has 3 nitrogen and oxygen atoms in total. The van der Waals surface area contributed by atoms with E-state index in [1.165, 1.54) is 0 Å². The third-order valence-electron chi connectivity index (χ3n) is 1.12. The number of benzene rings is 1. The standard InChI is InChI=1S/C8H9NO2.K.H/c9-8(10)6-11-7-4-2-1-3-5-7;;/h1-5H,6H2,(H2,9,10);;. The molecule has 0 spiro atoms. The van der Waals surface area contributed by atoms with E-state index in [2.05, 4.69) is 0 Å². The molecule has 2 N–H and O–H groups in total. The molecule has 0 fully saturated rings. The van der Waals surface area contributed by atoms with Crippen molar-refractivity contribution in [3.8, 4) is 5.75 Å². The van der Waals surface area contributed by atoms with E-state index in [1.54, 1.807) is 12.1 Å². The number of hydrogen-bond acceptors (Lipinski definition) is 2. The van der Waals surface area contributed by atoms with Crippen molar-refractivity contribution in [2.75, 3.05) is 6.61 Å². The zero-order valence-electron chi connectivity index (χ0n) is 5.99. The van der Waals surface area contributed by atoms with Crippen LogP contribution in [0.2, 0.25) is 0 Å². The average Bonchev–Trinajstić information content (AvgIpc) is 2.03. The fraction of sp³-hybridized carbons (Fsp3) is 0.125. The van der Waals surface area contributed by atoms with Gasteiger partial charge in [-0.15, -0.1) is 0 Å². The molecule has 0 aliphatic heterocycles. The molecule has 1 aromatic carbocycles. The van der Waals surface area contributed by atoms with E-state index in [0.717, 1.165) is 0 Å². The van der Waals surface area contributed by atoms with Crippen molar-refractivity contribution in [3.63, 3.8) is 0 Å². The summed E-state index contributed by atoms with van der Waals surface area (Å²) >= 11 is 0. The number of amides is 1. The quantitative estimate of drug-likeness (QED) is 0.678. The predicted octanol–water partition coefficient (Wildman–Crippen LogP) is -0.0978. The van der Waals surface area contributed by atoms with Crippen LogP contribution < -0.4 is 10.5 Å². The first-order valence-corrected chi connectivity index (χ1v) is 3.25. The second-order valence-corrected chi connectivity index (χ2v) is 2.07. The van der Waals surface area contributed by atoms with Gasteiger partial charge in [-0.1, -0.05) is 18.2 Å². The summed E-state index contributed by atoms with van der Waals surface area (Å²) in [7, 11) is 0. The van der Waals surface area contributed by atoms with E-state index in [4.69, 9.17) is 10.5 Å². The van der Waals surface area contributed by atoms with Gasteiger partial charge >= 0.3 is 51.4 Å². The predicted molar refractivity (Wildman–Crippen MR) is 48.3 cm³/mol. The number of para-hydroxylation sites is 1. The molecular weight excluding hydrogens is 181 g/mol. The molecule has 0 aromatic heterocycles.